The monoisotopic (exact) mass is 254 g/mol. The van der Waals surface area contributed by atoms with Crippen LogP contribution in [0.25, 0.3) is 0 Å². The Morgan fingerprint density at radius 3 is 2.88 bits per heavy atom. The van der Waals surface area contributed by atoms with Crippen molar-refractivity contribution in [2.45, 2.75) is 13.3 Å². The van der Waals surface area contributed by atoms with Gasteiger partial charge in [-0.25, -0.2) is 0 Å². The molecular weight excluding hydrogens is 236 g/mol. The van der Waals surface area contributed by atoms with E-state index in [2.05, 4.69) is 10.00 Å². The molecule has 1 aromatic heterocycles. The van der Waals surface area contributed by atoms with Crippen LogP contribution >= 0.6 is 12.2 Å². The van der Waals surface area contributed by atoms with Gasteiger partial charge in [-0.2, -0.15) is 5.10 Å². The lowest BCUT2D eigenvalue weighted by molar-refractivity contribution is 0.152. The lowest BCUT2D eigenvalue weighted by atomic mass is 10.2. The molecule has 1 aliphatic rings. The highest BCUT2D eigenvalue weighted by atomic mass is 32.1. The van der Waals surface area contributed by atoms with Crippen molar-refractivity contribution in [3.63, 3.8) is 0 Å². The van der Waals surface area contributed by atoms with E-state index in [4.69, 9.17) is 22.7 Å². The summed E-state index contributed by atoms with van der Waals surface area (Å²) in [5.74, 6) is 1.01. The molecule has 0 radical (unpaired) electrons. The number of aromatic nitrogens is 2. The summed E-state index contributed by atoms with van der Waals surface area (Å²) in [6.07, 6.45) is 1.01. The smallest absolute Gasteiger partial charge is 0.137 e. The lowest BCUT2D eigenvalue weighted by Gasteiger charge is -2.23. The van der Waals surface area contributed by atoms with E-state index < -0.39 is 0 Å². The molecule has 2 rings (SSSR count). The Morgan fingerprint density at radius 1 is 1.41 bits per heavy atom. The molecule has 1 aromatic rings. The fourth-order valence-corrected chi connectivity index (χ4v) is 2.49. The fourth-order valence-electron chi connectivity index (χ4n) is 2.26. The SMILES string of the molecule is Cc1nn(C)c(N2CCCOCC2)c1C(N)=S. The minimum atomic E-state index is 0.413. The van der Waals surface area contributed by atoms with Crippen molar-refractivity contribution in [1.29, 1.82) is 0 Å². The summed E-state index contributed by atoms with van der Waals surface area (Å²) < 4.78 is 7.31. The van der Waals surface area contributed by atoms with Gasteiger partial charge in [-0.05, 0) is 13.3 Å². The number of rotatable bonds is 2. The summed E-state index contributed by atoms with van der Waals surface area (Å²) in [5, 5.41) is 4.40. The van der Waals surface area contributed by atoms with Crippen LogP contribution in [0.15, 0.2) is 0 Å². The van der Waals surface area contributed by atoms with Crippen molar-refractivity contribution in [2.75, 3.05) is 31.2 Å². The molecular formula is C11H18N4OS. The molecule has 0 atom stereocenters. The molecule has 1 fully saturated rings. The number of ether oxygens (including phenoxy) is 1. The standard InChI is InChI=1S/C11H18N4OS/c1-8-9(10(12)17)11(14(2)13-8)15-4-3-6-16-7-5-15/h3-7H2,1-2H3,(H2,12,17). The predicted molar refractivity (Wildman–Crippen MR) is 71.5 cm³/mol. The minimum Gasteiger partial charge on any atom is -0.389 e. The van der Waals surface area contributed by atoms with E-state index in [0.717, 1.165) is 49.8 Å². The second-order valence-corrected chi connectivity index (χ2v) is 4.66. The van der Waals surface area contributed by atoms with Crippen LogP contribution < -0.4 is 10.6 Å². The van der Waals surface area contributed by atoms with Crippen LogP contribution in [-0.2, 0) is 11.8 Å². The maximum atomic E-state index is 5.79. The first-order chi connectivity index (χ1) is 8.11. The van der Waals surface area contributed by atoms with Crippen LogP contribution in [0.4, 0.5) is 5.82 Å². The molecule has 0 aliphatic carbocycles. The van der Waals surface area contributed by atoms with Crippen LogP contribution in [0.1, 0.15) is 17.7 Å². The highest BCUT2D eigenvalue weighted by Crippen LogP contribution is 2.23. The van der Waals surface area contributed by atoms with Crippen molar-refractivity contribution >= 4 is 23.0 Å². The van der Waals surface area contributed by atoms with E-state index in [1.54, 1.807) is 0 Å². The third-order valence-corrected chi connectivity index (χ3v) is 3.16. The van der Waals surface area contributed by atoms with Crippen molar-refractivity contribution in [3.05, 3.63) is 11.3 Å². The number of aryl methyl sites for hydroxylation is 2. The quantitative estimate of drug-likeness (QED) is 0.783. The Bertz CT molecular complexity index is 421. The largest absolute Gasteiger partial charge is 0.389 e. The van der Waals surface area contributed by atoms with Crippen LogP contribution in [0, 0.1) is 6.92 Å². The second-order valence-electron chi connectivity index (χ2n) is 4.22. The van der Waals surface area contributed by atoms with Gasteiger partial charge in [-0.3, -0.25) is 4.68 Å². The van der Waals surface area contributed by atoms with Gasteiger partial charge in [-0.15, -0.1) is 0 Å². The van der Waals surface area contributed by atoms with Gasteiger partial charge >= 0.3 is 0 Å². The number of nitrogens with zero attached hydrogens (tertiary/aromatic N) is 3. The molecule has 0 amide bonds. The molecule has 1 aliphatic heterocycles. The summed E-state index contributed by atoms with van der Waals surface area (Å²) >= 11 is 5.12. The maximum Gasteiger partial charge on any atom is 0.137 e. The topological polar surface area (TPSA) is 56.3 Å². The molecule has 1 saturated heterocycles. The third kappa shape index (κ3) is 2.42. The van der Waals surface area contributed by atoms with E-state index >= 15 is 0 Å². The Balaban J connectivity index is 2.38. The number of nitrogens with two attached hydrogens (primary N) is 1. The van der Waals surface area contributed by atoms with Gasteiger partial charge in [0.2, 0.25) is 0 Å². The Kier molecular flexibility index (Phi) is 3.63. The molecule has 0 bridgehead atoms. The molecule has 2 N–H and O–H groups in total. The Morgan fingerprint density at radius 2 is 2.18 bits per heavy atom. The number of hydrogen-bond donors (Lipinski definition) is 1. The minimum absolute atomic E-state index is 0.413. The summed E-state index contributed by atoms with van der Waals surface area (Å²) in [6, 6.07) is 0. The summed E-state index contributed by atoms with van der Waals surface area (Å²) in [7, 11) is 1.93. The average molecular weight is 254 g/mol. The van der Waals surface area contributed by atoms with Gasteiger partial charge in [0.1, 0.15) is 10.8 Å². The molecule has 17 heavy (non-hydrogen) atoms. The van der Waals surface area contributed by atoms with Gasteiger partial charge in [-0.1, -0.05) is 12.2 Å². The molecule has 0 aromatic carbocycles. The second kappa shape index (κ2) is 5.01. The average Bonchev–Trinajstić information content (AvgIpc) is 2.47. The molecule has 5 nitrogen and oxygen atoms in total. The number of thiocarbonyl (C=S) groups is 1. The van der Waals surface area contributed by atoms with Crippen molar-refractivity contribution in [2.24, 2.45) is 12.8 Å². The molecule has 94 valence electrons. The highest BCUT2D eigenvalue weighted by Gasteiger charge is 2.21. The summed E-state index contributed by atoms with van der Waals surface area (Å²) in [5.41, 5.74) is 7.58. The van der Waals surface area contributed by atoms with Gasteiger partial charge in [0.15, 0.2) is 0 Å². The van der Waals surface area contributed by atoms with Crippen LogP contribution in [0.3, 0.4) is 0 Å². The van der Waals surface area contributed by atoms with E-state index in [-0.39, 0.29) is 0 Å². The maximum absolute atomic E-state index is 5.79. The van der Waals surface area contributed by atoms with Crippen molar-refractivity contribution in [3.8, 4) is 0 Å². The molecule has 0 spiro atoms. The van der Waals surface area contributed by atoms with Crippen LogP contribution in [0.5, 0.6) is 0 Å². The predicted octanol–water partition coefficient (Wildman–Crippen LogP) is 0.589. The van der Waals surface area contributed by atoms with E-state index in [0.29, 0.717) is 4.99 Å². The lowest BCUT2D eigenvalue weighted by Crippen LogP contribution is -2.30. The van der Waals surface area contributed by atoms with Gasteiger partial charge in [0.25, 0.3) is 0 Å². The zero-order valence-corrected chi connectivity index (χ0v) is 11.1. The molecule has 6 heteroatoms. The third-order valence-electron chi connectivity index (χ3n) is 2.96. The summed E-state index contributed by atoms with van der Waals surface area (Å²) in [4.78, 5) is 2.66. The first-order valence-corrected chi connectivity index (χ1v) is 6.18. The summed E-state index contributed by atoms with van der Waals surface area (Å²) in [6.45, 7) is 5.30. The van der Waals surface area contributed by atoms with Crippen molar-refractivity contribution < 1.29 is 4.74 Å². The number of hydrogen-bond acceptors (Lipinski definition) is 4. The van der Waals surface area contributed by atoms with Crippen LogP contribution in [-0.4, -0.2) is 41.1 Å². The van der Waals surface area contributed by atoms with Crippen molar-refractivity contribution in [1.82, 2.24) is 9.78 Å². The van der Waals surface area contributed by atoms with Gasteiger partial charge in [0.05, 0.1) is 17.9 Å². The first-order valence-electron chi connectivity index (χ1n) is 5.77. The molecule has 0 saturated carbocycles. The van der Waals surface area contributed by atoms with Crippen LogP contribution in [0.2, 0.25) is 0 Å². The normalized spacial score (nSPS) is 16.9. The van der Waals surface area contributed by atoms with E-state index in [1.165, 1.54) is 0 Å². The Hall–Kier alpha value is -1.14. The van der Waals surface area contributed by atoms with Gasteiger partial charge in [0, 0.05) is 26.7 Å². The highest BCUT2D eigenvalue weighted by molar-refractivity contribution is 7.80. The molecule has 2 heterocycles. The first kappa shape index (κ1) is 12.3. The Labute approximate surface area is 107 Å². The number of anilines is 1. The molecule has 0 unspecified atom stereocenters. The van der Waals surface area contributed by atoms with E-state index in [1.807, 2.05) is 18.7 Å². The van der Waals surface area contributed by atoms with E-state index in [9.17, 15) is 0 Å². The fraction of sp³-hybridized carbons (Fsp3) is 0.636. The van der Waals surface area contributed by atoms with Gasteiger partial charge < -0.3 is 15.4 Å². The zero-order chi connectivity index (χ0) is 12.4. The zero-order valence-electron chi connectivity index (χ0n) is 10.3.